The molecule has 1 heterocycles. The van der Waals surface area contributed by atoms with Crippen LogP contribution in [0.1, 0.15) is 12.0 Å². The van der Waals surface area contributed by atoms with Gasteiger partial charge in [-0.15, -0.1) is 0 Å². The number of methoxy groups -OCH3 is 1. The molecule has 0 spiro atoms. The first-order chi connectivity index (χ1) is 9.81. The van der Waals surface area contributed by atoms with Crippen LogP contribution in [0, 0.1) is 0 Å². The lowest BCUT2D eigenvalue weighted by Crippen LogP contribution is -2.18. The van der Waals surface area contributed by atoms with Crippen LogP contribution in [0.25, 0.3) is 6.08 Å². The minimum Gasteiger partial charge on any atom is -0.489 e. The van der Waals surface area contributed by atoms with Crippen LogP contribution in [0.15, 0.2) is 22.7 Å². The predicted octanol–water partition coefficient (Wildman–Crippen LogP) is 2.86. The zero-order valence-electron chi connectivity index (χ0n) is 11.7. The first-order valence-corrected chi connectivity index (χ1v) is 7.56. The van der Waals surface area contributed by atoms with E-state index in [0.29, 0.717) is 13.2 Å². The Kier molecular flexibility index (Phi) is 6.36. The van der Waals surface area contributed by atoms with Crippen molar-refractivity contribution in [3.63, 3.8) is 0 Å². The Balaban J connectivity index is 1.97. The first kappa shape index (κ1) is 15.4. The number of nitrogens with one attached hydrogen (secondary N) is 1. The van der Waals surface area contributed by atoms with Crippen molar-refractivity contribution >= 4 is 22.0 Å². The topological polar surface area (TPSA) is 39.7 Å². The van der Waals surface area contributed by atoms with Crippen molar-refractivity contribution in [2.45, 2.75) is 6.42 Å². The third-order valence-electron chi connectivity index (χ3n) is 2.88. The van der Waals surface area contributed by atoms with Gasteiger partial charge in [0.05, 0.1) is 24.3 Å². The van der Waals surface area contributed by atoms with Gasteiger partial charge in [-0.3, -0.25) is 0 Å². The largest absolute Gasteiger partial charge is 0.489 e. The van der Waals surface area contributed by atoms with Crippen molar-refractivity contribution in [2.24, 2.45) is 0 Å². The highest BCUT2D eigenvalue weighted by atomic mass is 79.9. The average molecular weight is 342 g/mol. The molecular weight excluding hydrogens is 322 g/mol. The summed E-state index contributed by atoms with van der Waals surface area (Å²) >= 11 is 3.54. The van der Waals surface area contributed by atoms with E-state index in [1.807, 2.05) is 12.1 Å². The molecule has 0 aromatic heterocycles. The molecule has 20 heavy (non-hydrogen) atoms. The maximum atomic E-state index is 5.71. The molecule has 2 rings (SSSR count). The summed E-state index contributed by atoms with van der Waals surface area (Å²) in [6, 6.07) is 4.05. The summed E-state index contributed by atoms with van der Waals surface area (Å²) in [7, 11) is 1.70. The van der Waals surface area contributed by atoms with Crippen LogP contribution >= 0.6 is 15.9 Å². The predicted molar refractivity (Wildman–Crippen MR) is 83.5 cm³/mol. The van der Waals surface area contributed by atoms with Gasteiger partial charge in [0, 0.05) is 26.6 Å². The maximum Gasteiger partial charge on any atom is 0.175 e. The fourth-order valence-corrected chi connectivity index (χ4v) is 2.48. The van der Waals surface area contributed by atoms with E-state index in [0.717, 1.165) is 47.7 Å². The Hall–Kier alpha value is -1.04. The molecule has 0 saturated carbocycles. The molecule has 4 nitrogen and oxygen atoms in total. The van der Waals surface area contributed by atoms with Gasteiger partial charge in [0.15, 0.2) is 11.5 Å². The molecule has 0 saturated heterocycles. The molecule has 1 aromatic carbocycles. The summed E-state index contributed by atoms with van der Waals surface area (Å²) in [6.07, 6.45) is 5.07. The van der Waals surface area contributed by atoms with E-state index in [-0.39, 0.29) is 0 Å². The number of halogens is 1. The molecule has 1 aliphatic rings. The van der Waals surface area contributed by atoms with E-state index < -0.39 is 0 Å². The summed E-state index contributed by atoms with van der Waals surface area (Å²) in [5, 5.41) is 3.26. The maximum absolute atomic E-state index is 5.71. The van der Waals surface area contributed by atoms with Gasteiger partial charge in [-0.1, -0.05) is 12.2 Å². The Morgan fingerprint density at radius 1 is 1.35 bits per heavy atom. The van der Waals surface area contributed by atoms with Gasteiger partial charge in [-0.25, -0.2) is 0 Å². The van der Waals surface area contributed by atoms with Crippen LogP contribution in [0.2, 0.25) is 0 Å². The molecule has 0 fully saturated rings. The fraction of sp³-hybridized carbons (Fsp3) is 0.467. The third-order valence-corrected chi connectivity index (χ3v) is 3.47. The van der Waals surface area contributed by atoms with Gasteiger partial charge < -0.3 is 19.5 Å². The van der Waals surface area contributed by atoms with Gasteiger partial charge in [-0.2, -0.15) is 0 Å². The fourth-order valence-electron chi connectivity index (χ4n) is 1.90. The highest BCUT2D eigenvalue weighted by Gasteiger charge is 2.14. The second-order valence-electron chi connectivity index (χ2n) is 4.48. The normalized spacial score (nSPS) is 14.5. The van der Waals surface area contributed by atoms with Gasteiger partial charge in [0.1, 0.15) is 0 Å². The number of hydrogen-bond acceptors (Lipinski definition) is 4. The minimum atomic E-state index is 0.699. The van der Waals surface area contributed by atoms with E-state index in [1.165, 1.54) is 0 Å². The van der Waals surface area contributed by atoms with Crippen molar-refractivity contribution < 1.29 is 14.2 Å². The van der Waals surface area contributed by atoms with Crippen LogP contribution in [-0.4, -0.2) is 40.0 Å². The van der Waals surface area contributed by atoms with Crippen molar-refractivity contribution in [3.8, 4) is 11.5 Å². The molecule has 0 atom stereocenters. The summed E-state index contributed by atoms with van der Waals surface area (Å²) < 4.78 is 17.3. The van der Waals surface area contributed by atoms with Crippen LogP contribution in [0.5, 0.6) is 11.5 Å². The van der Waals surface area contributed by atoms with Gasteiger partial charge in [0.2, 0.25) is 0 Å². The van der Waals surface area contributed by atoms with E-state index >= 15 is 0 Å². The van der Waals surface area contributed by atoms with Crippen molar-refractivity contribution in [1.82, 2.24) is 5.32 Å². The zero-order chi connectivity index (χ0) is 14.2. The lowest BCUT2D eigenvalue weighted by atomic mass is 10.2. The summed E-state index contributed by atoms with van der Waals surface area (Å²) in [5.41, 5.74) is 1.09. The van der Waals surface area contributed by atoms with Crippen molar-refractivity contribution in [1.29, 1.82) is 0 Å². The Bertz CT molecular complexity index is 463. The van der Waals surface area contributed by atoms with Crippen molar-refractivity contribution in [3.05, 3.63) is 28.2 Å². The molecule has 0 unspecified atom stereocenters. The van der Waals surface area contributed by atoms with E-state index in [1.54, 1.807) is 7.11 Å². The number of fused-ring (bicyclic) bond motifs is 1. The van der Waals surface area contributed by atoms with Crippen LogP contribution in [0.4, 0.5) is 0 Å². The molecule has 1 N–H and O–H groups in total. The summed E-state index contributed by atoms with van der Waals surface area (Å²) in [6.45, 7) is 3.79. The van der Waals surface area contributed by atoms with Crippen LogP contribution in [0.3, 0.4) is 0 Å². The molecule has 110 valence electrons. The molecule has 0 radical (unpaired) electrons. The monoisotopic (exact) mass is 341 g/mol. The SMILES string of the molecule is COCCNCC=Cc1cc(Br)c2c(c1)OCCCO2. The zero-order valence-corrected chi connectivity index (χ0v) is 13.2. The van der Waals surface area contributed by atoms with E-state index in [9.17, 15) is 0 Å². The number of hydrogen-bond donors (Lipinski definition) is 1. The standard InChI is InChI=1S/C15H20BrNO3/c1-18-9-6-17-5-2-4-12-10-13(16)15-14(11-12)19-7-3-8-20-15/h2,4,10-11,17H,3,5-9H2,1H3. The Morgan fingerprint density at radius 2 is 2.20 bits per heavy atom. The summed E-state index contributed by atoms with van der Waals surface area (Å²) in [4.78, 5) is 0. The van der Waals surface area contributed by atoms with Crippen LogP contribution in [-0.2, 0) is 4.74 Å². The van der Waals surface area contributed by atoms with E-state index in [4.69, 9.17) is 14.2 Å². The lowest BCUT2D eigenvalue weighted by molar-refractivity contribution is 0.200. The number of benzene rings is 1. The highest BCUT2D eigenvalue weighted by molar-refractivity contribution is 9.10. The Morgan fingerprint density at radius 3 is 3.05 bits per heavy atom. The van der Waals surface area contributed by atoms with E-state index in [2.05, 4.69) is 33.4 Å². The van der Waals surface area contributed by atoms with Gasteiger partial charge in [0.25, 0.3) is 0 Å². The smallest absolute Gasteiger partial charge is 0.175 e. The van der Waals surface area contributed by atoms with Gasteiger partial charge in [-0.05, 0) is 33.6 Å². The third kappa shape index (κ3) is 4.51. The first-order valence-electron chi connectivity index (χ1n) is 6.76. The molecule has 1 aromatic rings. The highest BCUT2D eigenvalue weighted by Crippen LogP contribution is 2.38. The molecule has 5 heteroatoms. The molecular formula is C15H20BrNO3. The molecule has 1 aliphatic heterocycles. The van der Waals surface area contributed by atoms with Crippen molar-refractivity contribution in [2.75, 3.05) is 40.0 Å². The number of ether oxygens (including phenoxy) is 3. The quantitative estimate of drug-likeness (QED) is 0.807. The molecule has 0 amide bonds. The van der Waals surface area contributed by atoms with Gasteiger partial charge >= 0.3 is 0 Å². The van der Waals surface area contributed by atoms with Crippen LogP contribution < -0.4 is 14.8 Å². The second kappa shape index (κ2) is 8.29. The summed E-state index contributed by atoms with van der Waals surface area (Å²) in [5.74, 6) is 1.61. The number of rotatable bonds is 6. The minimum absolute atomic E-state index is 0.699. The molecule has 0 aliphatic carbocycles. The molecule has 0 bridgehead atoms. The lowest BCUT2D eigenvalue weighted by Gasteiger charge is -2.10. The average Bonchev–Trinajstić information content (AvgIpc) is 2.68. The Labute approximate surface area is 128 Å². The second-order valence-corrected chi connectivity index (χ2v) is 5.33.